The topological polar surface area (TPSA) is 103 Å². The number of anilines is 1. The van der Waals surface area contributed by atoms with Crippen LogP contribution >= 0.6 is 11.6 Å². The van der Waals surface area contributed by atoms with Crippen LogP contribution in [0.4, 0.5) is 5.95 Å². The monoisotopic (exact) mass is 434 g/mol. The maximum atomic E-state index is 6.41. The Bertz CT molecular complexity index is 1400. The Morgan fingerprint density at radius 3 is 2.90 bits per heavy atom. The highest BCUT2D eigenvalue weighted by molar-refractivity contribution is 6.31. The molecule has 0 amide bonds. The third-order valence-corrected chi connectivity index (χ3v) is 6.12. The van der Waals surface area contributed by atoms with Gasteiger partial charge in [0.1, 0.15) is 0 Å². The minimum absolute atomic E-state index is 0.258. The molecule has 6 rings (SSSR count). The van der Waals surface area contributed by atoms with Crippen molar-refractivity contribution in [2.45, 2.75) is 19.5 Å². The normalized spacial score (nSPS) is 14.5. The fourth-order valence-electron chi connectivity index (χ4n) is 4.15. The molecule has 5 aromatic rings. The third kappa shape index (κ3) is 3.05. The molecule has 1 aromatic carbocycles. The Labute approximate surface area is 182 Å². The second-order valence-corrected chi connectivity index (χ2v) is 8.03. The zero-order valence-electron chi connectivity index (χ0n) is 16.6. The van der Waals surface area contributed by atoms with Crippen molar-refractivity contribution in [1.82, 2.24) is 34.3 Å². The number of benzene rings is 1. The first-order valence-corrected chi connectivity index (χ1v) is 10.5. The Hall–Kier alpha value is -3.43. The lowest BCUT2D eigenvalue weighted by molar-refractivity contribution is 0.241. The molecule has 0 fully saturated rings. The van der Waals surface area contributed by atoms with Gasteiger partial charge in [-0.05, 0) is 35.7 Å². The van der Waals surface area contributed by atoms with E-state index in [1.807, 2.05) is 22.9 Å². The minimum atomic E-state index is 0.258. The molecule has 0 atom stereocenters. The van der Waals surface area contributed by atoms with Crippen LogP contribution in [-0.2, 0) is 19.5 Å². The molecule has 156 valence electrons. The molecule has 1 aliphatic heterocycles. The van der Waals surface area contributed by atoms with Gasteiger partial charge in [-0.25, -0.2) is 9.67 Å². The minimum Gasteiger partial charge on any atom is -0.461 e. The molecule has 0 saturated carbocycles. The molecule has 0 spiro atoms. The molecule has 10 heteroatoms. The van der Waals surface area contributed by atoms with Crippen molar-refractivity contribution in [2.24, 2.45) is 0 Å². The van der Waals surface area contributed by atoms with Gasteiger partial charge in [0.05, 0.1) is 24.4 Å². The summed E-state index contributed by atoms with van der Waals surface area (Å²) in [6.45, 7) is 3.34. The third-order valence-electron chi connectivity index (χ3n) is 5.76. The van der Waals surface area contributed by atoms with E-state index in [2.05, 4.69) is 31.1 Å². The molecule has 2 N–H and O–H groups in total. The molecule has 0 radical (unpaired) electrons. The van der Waals surface area contributed by atoms with E-state index in [0.29, 0.717) is 29.4 Å². The second kappa shape index (κ2) is 7.07. The molecule has 0 bridgehead atoms. The maximum Gasteiger partial charge on any atom is 0.225 e. The molecule has 0 aliphatic carbocycles. The average Bonchev–Trinajstić information content (AvgIpc) is 3.52. The van der Waals surface area contributed by atoms with Crippen molar-refractivity contribution in [3.63, 3.8) is 0 Å². The van der Waals surface area contributed by atoms with E-state index < -0.39 is 0 Å². The first-order valence-electron chi connectivity index (χ1n) is 10.1. The number of furan rings is 1. The summed E-state index contributed by atoms with van der Waals surface area (Å²) in [6, 6.07) is 9.74. The number of nitrogen functional groups attached to an aromatic ring is 1. The summed E-state index contributed by atoms with van der Waals surface area (Å²) >= 11 is 6.41. The van der Waals surface area contributed by atoms with Crippen molar-refractivity contribution in [3.8, 4) is 11.6 Å². The van der Waals surface area contributed by atoms with Gasteiger partial charge < -0.3 is 10.2 Å². The summed E-state index contributed by atoms with van der Waals surface area (Å²) in [5.74, 6) is 1.29. The predicted molar refractivity (Wildman–Crippen MR) is 117 cm³/mol. The molecule has 4 aromatic heterocycles. The van der Waals surface area contributed by atoms with Crippen LogP contribution in [0.25, 0.3) is 28.3 Å². The first kappa shape index (κ1) is 18.3. The number of fused-ring (bicyclic) bond motifs is 4. The van der Waals surface area contributed by atoms with E-state index >= 15 is 0 Å². The molecule has 31 heavy (non-hydrogen) atoms. The van der Waals surface area contributed by atoms with Crippen molar-refractivity contribution in [1.29, 1.82) is 0 Å². The van der Waals surface area contributed by atoms with Crippen LogP contribution in [-0.4, -0.2) is 47.4 Å². The van der Waals surface area contributed by atoms with E-state index in [0.717, 1.165) is 36.5 Å². The number of halogens is 1. The standard InChI is InChI=1S/C21H19ClN8O/c22-16-4-1-3-13-6-7-28(12-15(13)16)8-9-29-19-14(11-24-29)20-25-18(17-5-2-10-31-17)27-30(20)21(23)26-19/h1-5,10-11H,6-9,12H2,(H2,23,26). The summed E-state index contributed by atoms with van der Waals surface area (Å²) in [5.41, 5.74) is 10.0. The van der Waals surface area contributed by atoms with Gasteiger partial charge in [0.2, 0.25) is 11.8 Å². The SMILES string of the molecule is Nc1nc2c(cnn2CCN2CCc3cccc(Cl)c3C2)c2nc(-c3ccco3)nn12. The van der Waals surface area contributed by atoms with E-state index in [4.69, 9.17) is 21.8 Å². The number of nitrogens with two attached hydrogens (primary N) is 1. The smallest absolute Gasteiger partial charge is 0.225 e. The number of aromatic nitrogens is 6. The van der Waals surface area contributed by atoms with E-state index in [9.17, 15) is 0 Å². The Morgan fingerprint density at radius 1 is 1.10 bits per heavy atom. The zero-order chi connectivity index (χ0) is 20.9. The van der Waals surface area contributed by atoms with E-state index in [1.165, 1.54) is 15.6 Å². The number of nitrogens with zero attached hydrogens (tertiary/aromatic N) is 7. The lowest BCUT2D eigenvalue weighted by Gasteiger charge is -2.29. The summed E-state index contributed by atoms with van der Waals surface area (Å²) in [6.07, 6.45) is 4.35. The average molecular weight is 435 g/mol. The molecular formula is C21H19ClN8O. The van der Waals surface area contributed by atoms with Crippen LogP contribution in [0.5, 0.6) is 0 Å². The van der Waals surface area contributed by atoms with Gasteiger partial charge in [0.15, 0.2) is 17.1 Å². The second-order valence-electron chi connectivity index (χ2n) is 7.63. The van der Waals surface area contributed by atoms with Gasteiger partial charge in [-0.1, -0.05) is 23.7 Å². The van der Waals surface area contributed by atoms with Crippen molar-refractivity contribution < 1.29 is 4.42 Å². The van der Waals surface area contributed by atoms with Crippen LogP contribution in [0.1, 0.15) is 11.1 Å². The van der Waals surface area contributed by atoms with E-state index in [-0.39, 0.29) is 5.95 Å². The van der Waals surface area contributed by atoms with Gasteiger partial charge in [0, 0.05) is 24.7 Å². The summed E-state index contributed by atoms with van der Waals surface area (Å²) in [4.78, 5) is 11.5. The molecule has 1 aliphatic rings. The Morgan fingerprint density at radius 2 is 2.03 bits per heavy atom. The Balaban J connectivity index is 1.29. The molecule has 9 nitrogen and oxygen atoms in total. The maximum absolute atomic E-state index is 6.41. The molecule has 0 unspecified atom stereocenters. The van der Waals surface area contributed by atoms with Crippen LogP contribution < -0.4 is 5.73 Å². The lowest BCUT2D eigenvalue weighted by Crippen LogP contribution is -2.33. The fourth-order valence-corrected chi connectivity index (χ4v) is 4.41. The molecular weight excluding hydrogens is 416 g/mol. The van der Waals surface area contributed by atoms with Crippen LogP contribution in [0, 0.1) is 0 Å². The van der Waals surface area contributed by atoms with Gasteiger partial charge in [-0.15, -0.1) is 5.10 Å². The highest BCUT2D eigenvalue weighted by Gasteiger charge is 2.20. The van der Waals surface area contributed by atoms with Crippen LogP contribution in [0.3, 0.4) is 0 Å². The largest absolute Gasteiger partial charge is 0.461 e. The van der Waals surface area contributed by atoms with E-state index in [1.54, 1.807) is 18.5 Å². The van der Waals surface area contributed by atoms with Gasteiger partial charge in [0.25, 0.3) is 0 Å². The number of hydrogen-bond acceptors (Lipinski definition) is 7. The van der Waals surface area contributed by atoms with Crippen LogP contribution in [0.2, 0.25) is 5.02 Å². The fraction of sp³-hybridized carbons (Fsp3) is 0.238. The zero-order valence-corrected chi connectivity index (χ0v) is 17.3. The number of hydrogen-bond donors (Lipinski definition) is 1. The van der Waals surface area contributed by atoms with Crippen molar-refractivity contribution >= 4 is 34.2 Å². The summed E-state index contributed by atoms with van der Waals surface area (Å²) in [7, 11) is 0. The van der Waals surface area contributed by atoms with Crippen molar-refractivity contribution in [2.75, 3.05) is 18.8 Å². The van der Waals surface area contributed by atoms with Gasteiger partial charge in [-0.2, -0.15) is 14.6 Å². The lowest BCUT2D eigenvalue weighted by atomic mass is 10.00. The molecule has 0 saturated heterocycles. The predicted octanol–water partition coefficient (Wildman–Crippen LogP) is 3.03. The summed E-state index contributed by atoms with van der Waals surface area (Å²) in [5, 5.41) is 10.6. The van der Waals surface area contributed by atoms with Gasteiger partial charge >= 0.3 is 0 Å². The number of rotatable bonds is 4. The Kier molecular flexibility index (Phi) is 4.18. The van der Waals surface area contributed by atoms with Crippen LogP contribution in [0.15, 0.2) is 47.2 Å². The molecule has 5 heterocycles. The van der Waals surface area contributed by atoms with Crippen molar-refractivity contribution in [3.05, 3.63) is 58.9 Å². The highest BCUT2D eigenvalue weighted by atomic mass is 35.5. The first-order chi connectivity index (χ1) is 15.2. The summed E-state index contributed by atoms with van der Waals surface area (Å²) < 4.78 is 8.80. The highest BCUT2D eigenvalue weighted by Crippen LogP contribution is 2.27. The quantitative estimate of drug-likeness (QED) is 0.463. The van der Waals surface area contributed by atoms with Gasteiger partial charge in [-0.3, -0.25) is 4.90 Å².